The average Bonchev–Trinajstić information content (AvgIpc) is 2.23. The van der Waals surface area contributed by atoms with Gasteiger partial charge >= 0.3 is 0 Å². The summed E-state index contributed by atoms with van der Waals surface area (Å²) in [4.78, 5) is 0. The largest absolute Gasteiger partial charge is 0.316 e. The van der Waals surface area contributed by atoms with Crippen LogP contribution in [0.4, 0.5) is 0 Å². The summed E-state index contributed by atoms with van der Waals surface area (Å²) in [6.07, 6.45) is 10.4. The van der Waals surface area contributed by atoms with Gasteiger partial charge in [0.25, 0.3) is 0 Å². The predicted molar refractivity (Wildman–Crippen MR) is 68.2 cm³/mol. The molecule has 0 unspecified atom stereocenters. The summed E-state index contributed by atoms with van der Waals surface area (Å²) >= 11 is 0. The first-order chi connectivity index (χ1) is 7.76. The van der Waals surface area contributed by atoms with Crippen molar-refractivity contribution in [2.24, 2.45) is 29.6 Å². The second-order valence-electron chi connectivity index (χ2n) is 6.55. The van der Waals surface area contributed by atoms with Crippen molar-refractivity contribution < 1.29 is 0 Å². The standard InChI is InChI=1S/C15H25N/c1-10(9-16-2)3-15-13-5-11-4-12(7-13)8-14(15)6-11/h3,11-16H,4-9H2,1-2H3/b10-3+. The van der Waals surface area contributed by atoms with Crippen LogP contribution < -0.4 is 5.32 Å². The van der Waals surface area contributed by atoms with Crippen LogP contribution in [0.15, 0.2) is 11.6 Å². The molecule has 0 aromatic carbocycles. The molecule has 90 valence electrons. The Labute approximate surface area is 99.7 Å². The molecule has 0 atom stereocenters. The summed E-state index contributed by atoms with van der Waals surface area (Å²) in [5.41, 5.74) is 1.56. The lowest BCUT2D eigenvalue weighted by Crippen LogP contribution is -2.44. The SMILES string of the molecule is CNC/C(C)=C/C1C2CC3CC(C2)CC1C3. The third-order valence-electron chi connectivity index (χ3n) is 5.23. The van der Waals surface area contributed by atoms with Gasteiger partial charge in [0.15, 0.2) is 0 Å². The highest BCUT2D eigenvalue weighted by Crippen LogP contribution is 2.56. The van der Waals surface area contributed by atoms with Crippen LogP contribution in [0.1, 0.15) is 39.0 Å². The van der Waals surface area contributed by atoms with E-state index in [1.54, 1.807) is 37.7 Å². The minimum atomic E-state index is 0.932. The van der Waals surface area contributed by atoms with Gasteiger partial charge in [-0.25, -0.2) is 0 Å². The van der Waals surface area contributed by atoms with Gasteiger partial charge in [0.05, 0.1) is 0 Å². The fourth-order valence-corrected chi connectivity index (χ4v) is 4.91. The Balaban J connectivity index is 1.74. The second-order valence-corrected chi connectivity index (χ2v) is 6.55. The van der Waals surface area contributed by atoms with E-state index in [0.29, 0.717) is 0 Å². The molecular weight excluding hydrogens is 194 g/mol. The number of hydrogen-bond acceptors (Lipinski definition) is 1. The van der Waals surface area contributed by atoms with E-state index < -0.39 is 0 Å². The van der Waals surface area contributed by atoms with Gasteiger partial charge in [0, 0.05) is 6.54 Å². The van der Waals surface area contributed by atoms with Crippen LogP contribution in [0.5, 0.6) is 0 Å². The molecule has 1 heteroatoms. The van der Waals surface area contributed by atoms with Crippen LogP contribution in [0.2, 0.25) is 0 Å². The zero-order valence-electron chi connectivity index (χ0n) is 10.7. The van der Waals surface area contributed by atoms with Gasteiger partial charge in [0.2, 0.25) is 0 Å². The molecule has 16 heavy (non-hydrogen) atoms. The van der Waals surface area contributed by atoms with Crippen LogP contribution in [0.25, 0.3) is 0 Å². The van der Waals surface area contributed by atoms with Gasteiger partial charge in [-0.15, -0.1) is 0 Å². The molecule has 4 fully saturated rings. The van der Waals surface area contributed by atoms with E-state index >= 15 is 0 Å². The third kappa shape index (κ3) is 1.84. The van der Waals surface area contributed by atoms with Crippen LogP contribution in [-0.2, 0) is 0 Å². The minimum Gasteiger partial charge on any atom is -0.316 e. The quantitative estimate of drug-likeness (QED) is 0.719. The first-order valence-electron chi connectivity index (χ1n) is 7.08. The summed E-state index contributed by atoms with van der Waals surface area (Å²) in [7, 11) is 2.05. The zero-order chi connectivity index (χ0) is 11.1. The first kappa shape index (κ1) is 10.8. The minimum absolute atomic E-state index is 0.932. The maximum atomic E-state index is 3.27. The maximum Gasteiger partial charge on any atom is 0.0158 e. The molecule has 4 rings (SSSR count). The van der Waals surface area contributed by atoms with Crippen LogP contribution >= 0.6 is 0 Å². The van der Waals surface area contributed by atoms with E-state index in [4.69, 9.17) is 0 Å². The molecule has 4 saturated carbocycles. The highest BCUT2D eigenvalue weighted by Gasteiger charge is 2.47. The normalized spacial score (nSPS) is 46.4. The monoisotopic (exact) mass is 219 g/mol. The molecule has 0 amide bonds. The fourth-order valence-electron chi connectivity index (χ4n) is 4.91. The van der Waals surface area contributed by atoms with Crippen LogP contribution in [0.3, 0.4) is 0 Å². The summed E-state index contributed by atoms with van der Waals surface area (Å²) in [5, 5.41) is 3.27. The Morgan fingerprint density at radius 3 is 2.12 bits per heavy atom. The van der Waals surface area contributed by atoms with Crippen LogP contribution in [-0.4, -0.2) is 13.6 Å². The Kier molecular flexibility index (Phi) is 2.83. The Morgan fingerprint density at radius 2 is 1.62 bits per heavy atom. The second kappa shape index (κ2) is 4.18. The van der Waals surface area contributed by atoms with Crippen molar-refractivity contribution in [1.82, 2.24) is 5.32 Å². The zero-order valence-corrected chi connectivity index (χ0v) is 10.7. The fraction of sp³-hybridized carbons (Fsp3) is 0.867. The number of likely N-dealkylation sites (N-methyl/N-ethyl adjacent to an activating group) is 1. The molecule has 0 heterocycles. The molecule has 0 aromatic heterocycles. The van der Waals surface area contributed by atoms with Crippen molar-refractivity contribution in [3.63, 3.8) is 0 Å². The molecule has 4 aliphatic rings. The molecule has 1 N–H and O–H groups in total. The van der Waals surface area contributed by atoms with E-state index in [1.165, 1.54) is 0 Å². The summed E-state index contributed by atoms with van der Waals surface area (Å²) in [6.45, 7) is 3.37. The van der Waals surface area contributed by atoms with Crippen molar-refractivity contribution in [3.05, 3.63) is 11.6 Å². The van der Waals surface area contributed by atoms with Gasteiger partial charge in [-0.05, 0) is 75.7 Å². The lowest BCUT2D eigenvalue weighted by Gasteiger charge is -2.54. The van der Waals surface area contributed by atoms with Crippen LogP contribution in [0, 0.1) is 29.6 Å². The van der Waals surface area contributed by atoms with Gasteiger partial charge in [0.1, 0.15) is 0 Å². The Morgan fingerprint density at radius 1 is 1.06 bits per heavy atom. The van der Waals surface area contributed by atoms with Crippen molar-refractivity contribution in [1.29, 1.82) is 0 Å². The molecule has 4 bridgehead atoms. The van der Waals surface area contributed by atoms with Gasteiger partial charge < -0.3 is 5.32 Å². The van der Waals surface area contributed by atoms with E-state index in [2.05, 4.69) is 18.3 Å². The van der Waals surface area contributed by atoms with Gasteiger partial charge in [-0.2, -0.15) is 0 Å². The van der Waals surface area contributed by atoms with E-state index in [-0.39, 0.29) is 0 Å². The number of hydrogen-bond donors (Lipinski definition) is 1. The van der Waals surface area contributed by atoms with Crippen molar-refractivity contribution in [3.8, 4) is 0 Å². The molecule has 0 saturated heterocycles. The average molecular weight is 219 g/mol. The molecule has 0 aliphatic heterocycles. The summed E-state index contributed by atoms with van der Waals surface area (Å²) in [6, 6.07) is 0. The van der Waals surface area contributed by atoms with E-state index in [0.717, 1.165) is 36.1 Å². The Hall–Kier alpha value is -0.300. The van der Waals surface area contributed by atoms with Crippen molar-refractivity contribution >= 4 is 0 Å². The Bertz CT molecular complexity index is 264. The molecular formula is C15H25N. The molecule has 0 spiro atoms. The smallest absolute Gasteiger partial charge is 0.0158 e. The van der Waals surface area contributed by atoms with Gasteiger partial charge in [-0.3, -0.25) is 0 Å². The molecule has 0 radical (unpaired) electrons. The molecule has 1 nitrogen and oxygen atoms in total. The lowest BCUT2D eigenvalue weighted by molar-refractivity contribution is -0.0164. The number of allylic oxidation sites excluding steroid dienone is 1. The topological polar surface area (TPSA) is 12.0 Å². The number of nitrogens with one attached hydrogen (secondary N) is 1. The summed E-state index contributed by atoms with van der Waals surface area (Å²) < 4.78 is 0. The predicted octanol–water partition coefficient (Wildman–Crippen LogP) is 3.22. The third-order valence-corrected chi connectivity index (χ3v) is 5.23. The van der Waals surface area contributed by atoms with E-state index in [1.807, 2.05) is 7.05 Å². The van der Waals surface area contributed by atoms with Crippen molar-refractivity contribution in [2.45, 2.75) is 39.0 Å². The molecule has 0 aromatic rings. The highest BCUT2D eigenvalue weighted by atomic mass is 14.8. The molecule has 4 aliphatic carbocycles. The first-order valence-corrected chi connectivity index (χ1v) is 7.08. The maximum absolute atomic E-state index is 3.27. The van der Waals surface area contributed by atoms with Crippen molar-refractivity contribution in [2.75, 3.05) is 13.6 Å². The summed E-state index contributed by atoms with van der Waals surface area (Å²) in [5.74, 6) is 5.24. The lowest BCUT2D eigenvalue weighted by atomic mass is 9.52. The number of rotatable bonds is 3. The van der Waals surface area contributed by atoms with Gasteiger partial charge in [-0.1, -0.05) is 11.6 Å². The van der Waals surface area contributed by atoms with E-state index in [9.17, 15) is 0 Å². The highest BCUT2D eigenvalue weighted by molar-refractivity contribution is 5.10.